The van der Waals surface area contributed by atoms with Gasteiger partial charge in [0.15, 0.2) is 5.16 Å². The van der Waals surface area contributed by atoms with Gasteiger partial charge in [0.2, 0.25) is 5.78 Å². The van der Waals surface area contributed by atoms with Crippen LogP contribution in [-0.2, 0) is 6.42 Å². The summed E-state index contributed by atoms with van der Waals surface area (Å²) in [5, 5.41) is 10.3. The fraction of sp³-hybridized carbons (Fsp3) is 0.231. The number of nitrogens with zero attached hydrogens (tertiary/aromatic N) is 5. The average Bonchev–Trinajstić information content (AvgIpc) is 3.28. The van der Waals surface area contributed by atoms with Crippen LogP contribution in [0.3, 0.4) is 0 Å². The van der Waals surface area contributed by atoms with E-state index in [1.54, 1.807) is 16.3 Å². The lowest BCUT2D eigenvalue weighted by atomic mass is 9.98. The van der Waals surface area contributed by atoms with Crippen LogP contribution in [0.1, 0.15) is 37.3 Å². The number of rotatable bonds is 7. The van der Waals surface area contributed by atoms with Crippen LogP contribution >= 0.6 is 11.8 Å². The molecule has 0 aliphatic carbocycles. The van der Waals surface area contributed by atoms with Crippen molar-refractivity contribution < 1.29 is 0 Å². The molecule has 6 nitrogen and oxygen atoms in total. The van der Waals surface area contributed by atoms with Gasteiger partial charge in [-0.15, -0.1) is 10.2 Å². The lowest BCUT2D eigenvalue weighted by Gasteiger charge is -2.13. The molecule has 0 saturated heterocycles. The molecule has 166 valence electrons. The summed E-state index contributed by atoms with van der Waals surface area (Å²) in [5.74, 6) is 1.85. The number of hydrogen-bond donors (Lipinski definition) is 0. The van der Waals surface area contributed by atoms with Crippen LogP contribution in [0.5, 0.6) is 0 Å². The molecule has 3 heterocycles. The standard InChI is InChI=1S/C26H25N5OS/c1-3-18(2)20-8-10-21(11-9-20)30-24(32)22-6-4-5-7-23(22)31-25(30)28-29-26(31)33-17-14-19-12-15-27-16-13-19/h4-13,15-16,18H,3,14,17H2,1-2H3. The molecule has 0 spiro atoms. The molecule has 0 aliphatic heterocycles. The third-order valence-electron chi connectivity index (χ3n) is 6.10. The molecule has 5 aromatic rings. The minimum atomic E-state index is -0.0878. The van der Waals surface area contributed by atoms with Gasteiger partial charge in [0.1, 0.15) is 0 Å². The monoisotopic (exact) mass is 455 g/mol. The van der Waals surface area contributed by atoms with E-state index >= 15 is 0 Å². The average molecular weight is 456 g/mol. The molecule has 7 heteroatoms. The molecule has 2 aromatic carbocycles. The molecule has 0 N–H and O–H groups in total. The summed E-state index contributed by atoms with van der Waals surface area (Å²) in [6, 6.07) is 19.9. The molecule has 0 saturated carbocycles. The number of pyridine rings is 1. The van der Waals surface area contributed by atoms with Crippen molar-refractivity contribution in [2.45, 2.75) is 37.8 Å². The van der Waals surface area contributed by atoms with E-state index in [1.807, 2.05) is 65.3 Å². The predicted molar refractivity (Wildman–Crippen MR) is 133 cm³/mol. The molecule has 1 atom stereocenters. The summed E-state index contributed by atoms with van der Waals surface area (Å²) in [7, 11) is 0. The molecular formula is C26H25N5OS. The number of aryl methyl sites for hydroxylation is 1. The van der Waals surface area contributed by atoms with Gasteiger partial charge in [0.25, 0.3) is 5.56 Å². The van der Waals surface area contributed by atoms with Crippen molar-refractivity contribution in [2.24, 2.45) is 0 Å². The lowest BCUT2D eigenvalue weighted by Crippen LogP contribution is -2.21. The molecular weight excluding hydrogens is 430 g/mol. The zero-order valence-corrected chi connectivity index (χ0v) is 19.5. The first-order valence-corrected chi connectivity index (χ1v) is 12.2. The fourth-order valence-corrected chi connectivity index (χ4v) is 4.93. The minimum Gasteiger partial charge on any atom is -0.268 e. The topological polar surface area (TPSA) is 65.1 Å². The molecule has 3 aromatic heterocycles. The third-order valence-corrected chi connectivity index (χ3v) is 7.03. The quantitative estimate of drug-likeness (QED) is 0.313. The molecule has 33 heavy (non-hydrogen) atoms. The number of aromatic nitrogens is 5. The van der Waals surface area contributed by atoms with E-state index in [1.165, 1.54) is 11.1 Å². The highest BCUT2D eigenvalue weighted by Gasteiger charge is 2.18. The second kappa shape index (κ2) is 9.19. The van der Waals surface area contributed by atoms with E-state index in [0.717, 1.165) is 35.0 Å². The summed E-state index contributed by atoms with van der Waals surface area (Å²) in [5.41, 5.74) is 4.02. The lowest BCUT2D eigenvalue weighted by molar-refractivity contribution is 0.733. The predicted octanol–water partition coefficient (Wildman–Crippen LogP) is 5.28. The smallest absolute Gasteiger partial charge is 0.267 e. The van der Waals surface area contributed by atoms with Crippen molar-refractivity contribution in [2.75, 3.05) is 5.75 Å². The van der Waals surface area contributed by atoms with Gasteiger partial charge in [-0.2, -0.15) is 0 Å². The number of benzene rings is 2. The summed E-state index contributed by atoms with van der Waals surface area (Å²) in [4.78, 5) is 17.6. The van der Waals surface area contributed by atoms with Gasteiger partial charge >= 0.3 is 0 Å². The van der Waals surface area contributed by atoms with Crippen molar-refractivity contribution in [1.29, 1.82) is 0 Å². The van der Waals surface area contributed by atoms with Crippen molar-refractivity contribution >= 4 is 28.4 Å². The Morgan fingerprint density at radius 2 is 1.73 bits per heavy atom. The third kappa shape index (κ3) is 4.04. The van der Waals surface area contributed by atoms with Crippen molar-refractivity contribution in [3.8, 4) is 5.69 Å². The number of thioether (sulfide) groups is 1. The zero-order valence-electron chi connectivity index (χ0n) is 18.7. The molecule has 0 amide bonds. The maximum atomic E-state index is 13.5. The number of hydrogen-bond acceptors (Lipinski definition) is 5. The molecule has 5 rings (SSSR count). The first-order chi connectivity index (χ1) is 16.2. The normalized spacial score (nSPS) is 12.4. The van der Waals surface area contributed by atoms with E-state index in [9.17, 15) is 4.79 Å². The minimum absolute atomic E-state index is 0.0878. The maximum absolute atomic E-state index is 13.5. The summed E-state index contributed by atoms with van der Waals surface area (Å²) in [6.45, 7) is 4.39. The van der Waals surface area contributed by atoms with E-state index < -0.39 is 0 Å². The summed E-state index contributed by atoms with van der Waals surface area (Å²) in [6.07, 6.45) is 5.59. The number of para-hydroxylation sites is 1. The van der Waals surface area contributed by atoms with E-state index in [2.05, 4.69) is 41.2 Å². The fourth-order valence-electron chi connectivity index (χ4n) is 4.00. The van der Waals surface area contributed by atoms with Gasteiger partial charge in [-0.3, -0.25) is 14.2 Å². The summed E-state index contributed by atoms with van der Waals surface area (Å²) >= 11 is 1.64. The Hall–Kier alpha value is -3.45. The van der Waals surface area contributed by atoms with Crippen molar-refractivity contribution in [3.63, 3.8) is 0 Å². The van der Waals surface area contributed by atoms with Crippen LogP contribution < -0.4 is 5.56 Å². The van der Waals surface area contributed by atoms with Crippen LogP contribution in [-0.4, -0.2) is 29.9 Å². The van der Waals surface area contributed by atoms with E-state index in [-0.39, 0.29) is 5.56 Å². The largest absolute Gasteiger partial charge is 0.268 e. The second-order valence-electron chi connectivity index (χ2n) is 8.13. The zero-order chi connectivity index (χ0) is 22.8. The highest BCUT2D eigenvalue weighted by molar-refractivity contribution is 7.99. The van der Waals surface area contributed by atoms with Gasteiger partial charge in [0, 0.05) is 18.1 Å². The van der Waals surface area contributed by atoms with Crippen LogP contribution in [0, 0.1) is 0 Å². The van der Waals surface area contributed by atoms with E-state index in [0.29, 0.717) is 17.1 Å². The van der Waals surface area contributed by atoms with Crippen LogP contribution in [0.15, 0.2) is 83.0 Å². The van der Waals surface area contributed by atoms with E-state index in [4.69, 9.17) is 0 Å². The Balaban J connectivity index is 1.59. The molecule has 0 aliphatic rings. The molecule has 0 bridgehead atoms. The van der Waals surface area contributed by atoms with Crippen LogP contribution in [0.2, 0.25) is 0 Å². The van der Waals surface area contributed by atoms with Gasteiger partial charge < -0.3 is 0 Å². The molecule has 0 radical (unpaired) electrons. The second-order valence-corrected chi connectivity index (χ2v) is 9.19. The Morgan fingerprint density at radius 3 is 2.48 bits per heavy atom. The van der Waals surface area contributed by atoms with Gasteiger partial charge in [0.05, 0.1) is 16.6 Å². The van der Waals surface area contributed by atoms with Gasteiger partial charge in [-0.05, 0) is 66.3 Å². The summed E-state index contributed by atoms with van der Waals surface area (Å²) < 4.78 is 3.67. The van der Waals surface area contributed by atoms with Crippen molar-refractivity contribution in [1.82, 2.24) is 24.1 Å². The first kappa shape index (κ1) is 21.4. The number of fused-ring (bicyclic) bond motifs is 3. The molecule has 0 fully saturated rings. The SMILES string of the molecule is CCC(C)c1ccc(-n2c(=O)c3ccccc3n3c(SCCc4ccncc4)nnc23)cc1. The highest BCUT2D eigenvalue weighted by atomic mass is 32.2. The first-order valence-electron chi connectivity index (χ1n) is 11.2. The van der Waals surface area contributed by atoms with Crippen molar-refractivity contribution in [3.05, 3.63) is 94.5 Å². The van der Waals surface area contributed by atoms with Gasteiger partial charge in [-0.1, -0.05) is 49.9 Å². The Labute approximate surface area is 196 Å². The molecule has 1 unspecified atom stereocenters. The van der Waals surface area contributed by atoms with Crippen LogP contribution in [0.25, 0.3) is 22.4 Å². The Morgan fingerprint density at radius 1 is 0.970 bits per heavy atom. The van der Waals surface area contributed by atoms with Crippen LogP contribution in [0.4, 0.5) is 0 Å². The Bertz CT molecular complexity index is 1460. The Kier molecular flexibility index (Phi) is 5.96. The highest BCUT2D eigenvalue weighted by Crippen LogP contribution is 2.25. The maximum Gasteiger partial charge on any atom is 0.267 e. The van der Waals surface area contributed by atoms with Gasteiger partial charge in [-0.25, -0.2) is 4.57 Å².